The summed E-state index contributed by atoms with van der Waals surface area (Å²) in [5.74, 6) is 2.46. The highest BCUT2D eigenvalue weighted by Crippen LogP contribution is 2.20. The number of rotatable bonds is 8. The maximum atomic E-state index is 12.1. The largest absolute Gasteiger partial charge is 0.497 e. The van der Waals surface area contributed by atoms with Crippen LogP contribution < -0.4 is 15.0 Å². The Balaban J connectivity index is 1.49. The van der Waals surface area contributed by atoms with Crippen molar-refractivity contribution in [2.45, 2.75) is 19.4 Å². The van der Waals surface area contributed by atoms with E-state index in [1.165, 1.54) is 0 Å². The summed E-state index contributed by atoms with van der Waals surface area (Å²) >= 11 is 0. The van der Waals surface area contributed by atoms with Gasteiger partial charge in [-0.15, -0.1) is 0 Å². The van der Waals surface area contributed by atoms with Crippen LogP contribution in [0.25, 0.3) is 11.4 Å². The van der Waals surface area contributed by atoms with Gasteiger partial charge < -0.3 is 19.5 Å². The second-order valence-electron chi connectivity index (χ2n) is 6.43. The van der Waals surface area contributed by atoms with Gasteiger partial charge in [-0.3, -0.25) is 4.79 Å². The Morgan fingerprint density at radius 1 is 1.21 bits per heavy atom. The van der Waals surface area contributed by atoms with Gasteiger partial charge in [0.1, 0.15) is 11.6 Å². The molecule has 3 rings (SSSR count). The van der Waals surface area contributed by atoms with Crippen LogP contribution in [0.1, 0.15) is 17.9 Å². The number of benzene rings is 1. The molecule has 1 N–H and O–H groups in total. The lowest BCUT2D eigenvalue weighted by molar-refractivity contribution is -0.121. The third-order valence-electron chi connectivity index (χ3n) is 4.14. The van der Waals surface area contributed by atoms with Crippen molar-refractivity contribution >= 4 is 11.7 Å². The molecular formula is C20H23N5O3. The molecule has 0 saturated carbocycles. The van der Waals surface area contributed by atoms with E-state index in [1.54, 1.807) is 13.3 Å². The van der Waals surface area contributed by atoms with E-state index in [4.69, 9.17) is 9.26 Å². The highest BCUT2D eigenvalue weighted by atomic mass is 16.5. The third kappa shape index (κ3) is 5.06. The maximum Gasteiger partial charge on any atom is 0.227 e. The Kier molecular flexibility index (Phi) is 6.21. The molecule has 2 aromatic heterocycles. The SMILES string of the molecule is COc1ccc(-c2noc(CCC(=O)NCc3ccnc(N(C)C)c3)n2)cc1. The van der Waals surface area contributed by atoms with E-state index in [0.29, 0.717) is 24.7 Å². The number of carbonyl (C=O) groups is 1. The molecule has 0 bridgehead atoms. The minimum absolute atomic E-state index is 0.0765. The van der Waals surface area contributed by atoms with Crippen LogP contribution in [0.15, 0.2) is 47.1 Å². The van der Waals surface area contributed by atoms with Crippen molar-refractivity contribution in [1.29, 1.82) is 0 Å². The van der Waals surface area contributed by atoms with Crippen molar-refractivity contribution < 1.29 is 14.1 Å². The van der Waals surface area contributed by atoms with E-state index in [-0.39, 0.29) is 12.3 Å². The number of nitrogens with one attached hydrogen (secondary N) is 1. The second-order valence-corrected chi connectivity index (χ2v) is 6.43. The number of carbonyl (C=O) groups excluding carboxylic acids is 1. The molecule has 0 aliphatic carbocycles. The molecule has 146 valence electrons. The van der Waals surface area contributed by atoms with Crippen molar-refractivity contribution in [1.82, 2.24) is 20.4 Å². The van der Waals surface area contributed by atoms with E-state index >= 15 is 0 Å². The molecule has 2 heterocycles. The summed E-state index contributed by atoms with van der Waals surface area (Å²) in [5, 5.41) is 6.87. The second kappa shape index (κ2) is 8.98. The number of aromatic nitrogens is 3. The highest BCUT2D eigenvalue weighted by Gasteiger charge is 2.11. The van der Waals surface area contributed by atoms with Crippen molar-refractivity contribution in [3.05, 3.63) is 54.0 Å². The summed E-state index contributed by atoms with van der Waals surface area (Å²) < 4.78 is 10.4. The summed E-state index contributed by atoms with van der Waals surface area (Å²) in [5.41, 5.74) is 1.82. The molecule has 8 heteroatoms. The van der Waals surface area contributed by atoms with Gasteiger partial charge in [0.05, 0.1) is 7.11 Å². The molecule has 3 aromatic rings. The third-order valence-corrected chi connectivity index (χ3v) is 4.14. The van der Waals surface area contributed by atoms with Crippen molar-refractivity contribution in [2.24, 2.45) is 0 Å². The number of hydrogen-bond donors (Lipinski definition) is 1. The summed E-state index contributed by atoms with van der Waals surface area (Å²) in [6, 6.07) is 11.2. The number of nitrogens with zero attached hydrogens (tertiary/aromatic N) is 4. The van der Waals surface area contributed by atoms with E-state index in [0.717, 1.165) is 22.7 Å². The lowest BCUT2D eigenvalue weighted by Gasteiger charge is -2.12. The molecule has 28 heavy (non-hydrogen) atoms. The van der Waals surface area contributed by atoms with Crippen molar-refractivity contribution in [2.75, 3.05) is 26.1 Å². The normalized spacial score (nSPS) is 10.5. The topological polar surface area (TPSA) is 93.4 Å². The van der Waals surface area contributed by atoms with Gasteiger partial charge in [-0.05, 0) is 42.0 Å². The first-order chi connectivity index (χ1) is 13.5. The summed E-state index contributed by atoms with van der Waals surface area (Å²) in [7, 11) is 5.47. The molecule has 0 radical (unpaired) electrons. The minimum Gasteiger partial charge on any atom is -0.497 e. The smallest absolute Gasteiger partial charge is 0.227 e. The zero-order chi connectivity index (χ0) is 19.9. The Morgan fingerprint density at radius 2 is 2.00 bits per heavy atom. The van der Waals surface area contributed by atoms with Gasteiger partial charge in [0.15, 0.2) is 0 Å². The Morgan fingerprint density at radius 3 is 2.71 bits per heavy atom. The van der Waals surface area contributed by atoms with Gasteiger partial charge in [-0.2, -0.15) is 4.98 Å². The van der Waals surface area contributed by atoms with Crippen molar-refractivity contribution in [3.63, 3.8) is 0 Å². The van der Waals surface area contributed by atoms with Crippen LogP contribution in [0, 0.1) is 0 Å². The van der Waals surface area contributed by atoms with Gasteiger partial charge in [-0.25, -0.2) is 4.98 Å². The number of aryl methyl sites for hydroxylation is 1. The Bertz CT molecular complexity index is 922. The van der Waals surface area contributed by atoms with Crippen molar-refractivity contribution in [3.8, 4) is 17.1 Å². The van der Waals surface area contributed by atoms with E-state index in [9.17, 15) is 4.79 Å². The van der Waals surface area contributed by atoms with Gasteiger partial charge in [-0.1, -0.05) is 5.16 Å². The molecule has 1 aromatic carbocycles. The number of methoxy groups -OCH3 is 1. The number of pyridine rings is 1. The van der Waals surface area contributed by atoms with E-state index in [1.807, 2.05) is 55.4 Å². The van der Waals surface area contributed by atoms with Gasteiger partial charge in [0, 0.05) is 45.2 Å². The predicted molar refractivity (Wildman–Crippen MR) is 105 cm³/mol. The van der Waals surface area contributed by atoms with E-state index < -0.39 is 0 Å². The average Bonchev–Trinajstić information content (AvgIpc) is 3.20. The van der Waals surface area contributed by atoms with Crippen LogP contribution in [0.2, 0.25) is 0 Å². The fourth-order valence-electron chi connectivity index (χ4n) is 2.54. The number of anilines is 1. The molecule has 8 nitrogen and oxygen atoms in total. The van der Waals surface area contributed by atoms with Crippen LogP contribution in [0.3, 0.4) is 0 Å². The Hall–Kier alpha value is -3.42. The quantitative estimate of drug-likeness (QED) is 0.640. The standard InChI is InChI=1S/C20H23N5O3/c1-25(2)17-12-14(10-11-21-17)13-22-18(26)8-9-19-23-20(24-28-19)15-4-6-16(27-3)7-5-15/h4-7,10-12H,8-9,13H2,1-3H3,(H,22,26). The van der Waals surface area contributed by atoms with Gasteiger partial charge in [0.25, 0.3) is 0 Å². The molecule has 0 fully saturated rings. The Labute approximate surface area is 163 Å². The summed E-state index contributed by atoms with van der Waals surface area (Å²) in [6.07, 6.45) is 2.39. The van der Waals surface area contributed by atoms with Gasteiger partial charge in [0.2, 0.25) is 17.6 Å². The molecule has 0 unspecified atom stereocenters. The fourth-order valence-corrected chi connectivity index (χ4v) is 2.54. The van der Waals surface area contributed by atoms with Crippen LogP contribution in [0.5, 0.6) is 5.75 Å². The summed E-state index contributed by atoms with van der Waals surface area (Å²) in [6.45, 7) is 0.448. The lowest BCUT2D eigenvalue weighted by atomic mass is 10.2. The molecule has 0 atom stereocenters. The molecular weight excluding hydrogens is 358 g/mol. The zero-order valence-corrected chi connectivity index (χ0v) is 16.2. The first kappa shape index (κ1) is 19.3. The van der Waals surface area contributed by atoms with Crippen LogP contribution in [-0.4, -0.2) is 42.2 Å². The number of ether oxygens (including phenoxy) is 1. The van der Waals surface area contributed by atoms with Gasteiger partial charge >= 0.3 is 0 Å². The first-order valence-corrected chi connectivity index (χ1v) is 8.91. The molecule has 0 aliphatic heterocycles. The van der Waals surface area contributed by atoms with Crippen LogP contribution >= 0.6 is 0 Å². The molecule has 1 amide bonds. The van der Waals surface area contributed by atoms with Crippen LogP contribution in [0.4, 0.5) is 5.82 Å². The van der Waals surface area contributed by atoms with Crippen LogP contribution in [-0.2, 0) is 17.8 Å². The zero-order valence-electron chi connectivity index (χ0n) is 16.2. The molecule has 0 aliphatic rings. The highest BCUT2D eigenvalue weighted by molar-refractivity contribution is 5.76. The monoisotopic (exact) mass is 381 g/mol. The number of hydrogen-bond acceptors (Lipinski definition) is 7. The lowest BCUT2D eigenvalue weighted by Crippen LogP contribution is -2.23. The summed E-state index contributed by atoms with van der Waals surface area (Å²) in [4.78, 5) is 22.6. The average molecular weight is 381 g/mol. The van der Waals surface area contributed by atoms with E-state index in [2.05, 4.69) is 20.4 Å². The minimum atomic E-state index is -0.0765. The number of amides is 1. The molecule has 0 saturated heterocycles. The predicted octanol–water partition coefficient (Wildman–Crippen LogP) is 2.46. The fraction of sp³-hybridized carbons (Fsp3) is 0.300. The maximum absolute atomic E-state index is 12.1. The first-order valence-electron chi connectivity index (χ1n) is 8.91. The molecule has 0 spiro atoms.